The molecule has 43 heavy (non-hydrogen) atoms. The number of hydrogen-bond acceptors (Lipinski definition) is 6. The van der Waals surface area contributed by atoms with Crippen molar-refractivity contribution in [2.75, 3.05) is 31.6 Å². The Morgan fingerprint density at radius 2 is 1.70 bits per heavy atom. The molecule has 0 radical (unpaired) electrons. The summed E-state index contributed by atoms with van der Waals surface area (Å²) in [4.78, 5) is 29.1. The predicted molar refractivity (Wildman–Crippen MR) is 169 cm³/mol. The lowest BCUT2D eigenvalue weighted by Crippen LogP contribution is -2.52. The fraction of sp³-hybridized carbons (Fsp3) is 0.375. The number of rotatable bonds is 15. The van der Waals surface area contributed by atoms with Crippen molar-refractivity contribution in [1.29, 1.82) is 0 Å². The second kappa shape index (κ2) is 15.6. The van der Waals surface area contributed by atoms with E-state index in [1.54, 1.807) is 49.6 Å². The van der Waals surface area contributed by atoms with Crippen molar-refractivity contribution in [1.82, 2.24) is 10.2 Å². The van der Waals surface area contributed by atoms with E-state index < -0.39 is 28.5 Å². The molecule has 2 amide bonds. The van der Waals surface area contributed by atoms with Crippen LogP contribution in [0.25, 0.3) is 0 Å². The third kappa shape index (κ3) is 8.64. The summed E-state index contributed by atoms with van der Waals surface area (Å²) < 4.78 is 40.1. The Kier molecular flexibility index (Phi) is 12.3. The highest BCUT2D eigenvalue weighted by atomic mass is 35.5. The molecule has 0 aromatic heterocycles. The molecule has 0 fully saturated rings. The Labute approximate surface area is 259 Å². The first kappa shape index (κ1) is 33.7. The number of halogens is 1. The zero-order chi connectivity index (χ0) is 31.6. The zero-order valence-electron chi connectivity index (χ0n) is 25.3. The SMILES string of the molecule is CCCCNC(=O)[C@H](CC)N(Cc1cccc(OC)c1)C(=O)CN(c1cc(Cl)ccc1OC)S(=O)(=O)c1ccc(C)cc1. The summed E-state index contributed by atoms with van der Waals surface area (Å²) in [5.41, 5.74) is 1.71. The molecule has 0 unspecified atom stereocenters. The van der Waals surface area contributed by atoms with Crippen molar-refractivity contribution >= 4 is 39.1 Å². The number of methoxy groups -OCH3 is 2. The lowest BCUT2D eigenvalue weighted by Gasteiger charge is -2.33. The van der Waals surface area contributed by atoms with Gasteiger partial charge in [0.1, 0.15) is 24.1 Å². The fourth-order valence-electron chi connectivity index (χ4n) is 4.60. The highest BCUT2D eigenvalue weighted by molar-refractivity contribution is 7.92. The van der Waals surface area contributed by atoms with E-state index in [1.807, 2.05) is 26.8 Å². The number of benzene rings is 3. The van der Waals surface area contributed by atoms with Crippen LogP contribution in [0.3, 0.4) is 0 Å². The highest BCUT2D eigenvalue weighted by Crippen LogP contribution is 2.35. The van der Waals surface area contributed by atoms with Crippen molar-refractivity contribution in [2.45, 2.75) is 57.5 Å². The van der Waals surface area contributed by atoms with E-state index in [-0.39, 0.29) is 33.8 Å². The number of amides is 2. The van der Waals surface area contributed by atoms with E-state index in [0.29, 0.717) is 18.7 Å². The van der Waals surface area contributed by atoms with Crippen molar-refractivity contribution in [2.24, 2.45) is 0 Å². The van der Waals surface area contributed by atoms with Crippen LogP contribution < -0.4 is 19.1 Å². The van der Waals surface area contributed by atoms with Gasteiger partial charge in [-0.25, -0.2) is 8.42 Å². The molecule has 0 aliphatic heterocycles. The smallest absolute Gasteiger partial charge is 0.264 e. The normalized spacial score (nSPS) is 11.9. The Hall–Kier alpha value is -3.76. The van der Waals surface area contributed by atoms with E-state index in [4.69, 9.17) is 21.1 Å². The molecule has 0 heterocycles. The minimum absolute atomic E-state index is 0.00313. The molecular formula is C32H40ClN3O6S. The van der Waals surface area contributed by atoms with Gasteiger partial charge < -0.3 is 19.7 Å². The molecule has 0 bridgehead atoms. The molecule has 3 aromatic rings. The van der Waals surface area contributed by atoms with Crippen molar-refractivity contribution in [3.63, 3.8) is 0 Å². The van der Waals surface area contributed by atoms with Gasteiger partial charge >= 0.3 is 0 Å². The molecule has 0 saturated carbocycles. The van der Waals surface area contributed by atoms with Crippen molar-refractivity contribution < 1.29 is 27.5 Å². The molecule has 3 rings (SSSR count). The van der Waals surface area contributed by atoms with E-state index >= 15 is 0 Å². The maximum Gasteiger partial charge on any atom is 0.264 e. The first-order chi connectivity index (χ1) is 20.5. The second-order valence-corrected chi connectivity index (χ2v) is 12.4. The van der Waals surface area contributed by atoms with Crippen LogP contribution in [0.5, 0.6) is 11.5 Å². The molecule has 1 N–H and O–H groups in total. The zero-order valence-corrected chi connectivity index (χ0v) is 26.9. The average molecular weight is 630 g/mol. The van der Waals surface area contributed by atoms with Crippen LogP contribution in [0.15, 0.2) is 71.6 Å². The van der Waals surface area contributed by atoms with Crippen LogP contribution in [-0.2, 0) is 26.2 Å². The molecule has 3 aromatic carbocycles. The first-order valence-corrected chi connectivity index (χ1v) is 16.0. The maximum atomic E-state index is 14.3. The van der Waals surface area contributed by atoms with E-state index in [2.05, 4.69) is 5.32 Å². The monoisotopic (exact) mass is 629 g/mol. The van der Waals surface area contributed by atoms with Crippen LogP contribution in [0.1, 0.15) is 44.2 Å². The number of hydrogen-bond donors (Lipinski definition) is 1. The van der Waals surface area contributed by atoms with Crippen LogP contribution in [0.2, 0.25) is 5.02 Å². The number of aryl methyl sites for hydroxylation is 1. The minimum atomic E-state index is -4.28. The summed E-state index contributed by atoms with van der Waals surface area (Å²) in [6.07, 6.45) is 2.01. The van der Waals surface area contributed by atoms with Crippen LogP contribution in [0.4, 0.5) is 5.69 Å². The first-order valence-electron chi connectivity index (χ1n) is 14.2. The van der Waals surface area contributed by atoms with Gasteiger partial charge in [-0.05, 0) is 67.8 Å². The number of sulfonamides is 1. The summed E-state index contributed by atoms with van der Waals surface area (Å²) in [6.45, 7) is 5.62. The second-order valence-electron chi connectivity index (χ2n) is 10.1. The topological polar surface area (TPSA) is 105 Å². The number of anilines is 1. The number of nitrogens with zero attached hydrogens (tertiary/aromatic N) is 2. The quantitative estimate of drug-likeness (QED) is 0.220. The third-order valence-electron chi connectivity index (χ3n) is 7.00. The minimum Gasteiger partial charge on any atom is -0.497 e. The Morgan fingerprint density at radius 1 is 0.977 bits per heavy atom. The Morgan fingerprint density at radius 3 is 2.33 bits per heavy atom. The molecule has 0 aliphatic carbocycles. The van der Waals surface area contributed by atoms with Gasteiger partial charge in [-0.3, -0.25) is 13.9 Å². The number of ether oxygens (including phenoxy) is 2. The molecule has 1 atom stereocenters. The third-order valence-corrected chi connectivity index (χ3v) is 9.01. The van der Waals surface area contributed by atoms with Crippen LogP contribution in [0, 0.1) is 6.92 Å². The molecule has 9 nitrogen and oxygen atoms in total. The lowest BCUT2D eigenvalue weighted by molar-refractivity contribution is -0.140. The largest absolute Gasteiger partial charge is 0.497 e. The van der Waals surface area contributed by atoms with Gasteiger partial charge in [-0.15, -0.1) is 0 Å². The van der Waals surface area contributed by atoms with Gasteiger partial charge in [-0.2, -0.15) is 0 Å². The maximum absolute atomic E-state index is 14.3. The summed E-state index contributed by atoms with van der Waals surface area (Å²) in [5, 5.41) is 3.19. The summed E-state index contributed by atoms with van der Waals surface area (Å²) in [5.74, 6) is -0.0623. The molecule has 11 heteroatoms. The highest BCUT2D eigenvalue weighted by Gasteiger charge is 2.35. The van der Waals surface area contributed by atoms with Crippen LogP contribution >= 0.6 is 11.6 Å². The van der Waals surface area contributed by atoms with Gasteiger partial charge in [0.05, 0.1) is 24.8 Å². The van der Waals surface area contributed by atoms with E-state index in [1.165, 1.54) is 30.2 Å². The van der Waals surface area contributed by atoms with Crippen molar-refractivity contribution in [3.05, 3.63) is 82.9 Å². The fourth-order valence-corrected chi connectivity index (χ4v) is 6.18. The van der Waals surface area contributed by atoms with Gasteiger partial charge in [0.25, 0.3) is 10.0 Å². The summed E-state index contributed by atoms with van der Waals surface area (Å²) >= 11 is 6.31. The molecule has 0 spiro atoms. The van der Waals surface area contributed by atoms with Gasteiger partial charge in [0, 0.05) is 18.1 Å². The van der Waals surface area contributed by atoms with Crippen LogP contribution in [-0.4, -0.2) is 58.5 Å². The summed E-state index contributed by atoms with van der Waals surface area (Å²) in [7, 11) is -1.32. The number of carbonyl (C=O) groups excluding carboxylic acids is 2. The lowest BCUT2D eigenvalue weighted by atomic mass is 10.1. The average Bonchev–Trinajstić information content (AvgIpc) is 3.00. The van der Waals surface area contributed by atoms with Gasteiger partial charge in [-0.1, -0.05) is 61.7 Å². The molecule has 0 aliphatic rings. The molecular weight excluding hydrogens is 590 g/mol. The molecule has 232 valence electrons. The Balaban J connectivity index is 2.11. The standard InChI is InChI=1S/C32H40ClN3O6S/c1-6-8-18-34-32(38)28(7-2)35(21-24-10-9-11-26(19-24)41-4)31(37)22-36(29-20-25(33)14-17-30(29)42-5)43(39,40)27-15-12-23(3)13-16-27/h9-17,19-20,28H,6-8,18,21-22H2,1-5H3,(H,34,38)/t28-/m0/s1. The Bertz CT molecular complexity index is 1500. The number of carbonyl (C=O) groups is 2. The van der Waals surface area contributed by atoms with Gasteiger partial charge in [0.15, 0.2) is 0 Å². The number of nitrogens with one attached hydrogen (secondary N) is 1. The van der Waals surface area contributed by atoms with E-state index in [9.17, 15) is 18.0 Å². The molecule has 0 saturated heterocycles. The summed E-state index contributed by atoms with van der Waals surface area (Å²) in [6, 6.07) is 17.3. The number of unbranched alkanes of at least 4 members (excludes halogenated alkanes) is 1. The predicted octanol–water partition coefficient (Wildman–Crippen LogP) is 5.58. The van der Waals surface area contributed by atoms with Gasteiger partial charge in [0.2, 0.25) is 11.8 Å². The van der Waals surface area contributed by atoms with Crippen molar-refractivity contribution in [3.8, 4) is 11.5 Å². The van der Waals surface area contributed by atoms with E-state index in [0.717, 1.165) is 28.3 Å².